The minimum Gasteiger partial charge on any atom is -0.482 e. The number of hydrogen-bond acceptors (Lipinski definition) is 6. The van der Waals surface area contributed by atoms with Crippen molar-refractivity contribution in [2.75, 3.05) is 42.5 Å². The zero-order valence-corrected chi connectivity index (χ0v) is 13.8. The normalized spacial score (nSPS) is 18.3. The van der Waals surface area contributed by atoms with Gasteiger partial charge < -0.3 is 18.9 Å². The molecule has 0 amide bonds. The molecule has 2 heterocycles. The minimum absolute atomic E-state index is 0.695. The van der Waals surface area contributed by atoms with Gasteiger partial charge in [0.1, 0.15) is 0 Å². The number of methoxy groups -OCH3 is 4. The summed E-state index contributed by atoms with van der Waals surface area (Å²) in [6, 6.07) is 0. The first-order chi connectivity index (χ1) is 10.5. The second-order valence-electron chi connectivity index (χ2n) is 4.78. The summed E-state index contributed by atoms with van der Waals surface area (Å²) in [7, 11) is 10.3. The van der Waals surface area contributed by atoms with Crippen LogP contribution in [0.2, 0.25) is 0 Å². The van der Waals surface area contributed by atoms with Gasteiger partial charge >= 0.3 is 0 Å². The molecule has 2 aliphatic heterocycles. The van der Waals surface area contributed by atoms with Gasteiger partial charge in [0.05, 0.1) is 28.4 Å². The van der Waals surface area contributed by atoms with E-state index in [2.05, 4.69) is 0 Å². The summed E-state index contributed by atoms with van der Waals surface area (Å²) < 4.78 is 21.6. The van der Waals surface area contributed by atoms with Crippen LogP contribution in [0, 0.1) is 0 Å². The van der Waals surface area contributed by atoms with Crippen LogP contribution in [-0.2, 0) is 18.9 Å². The highest BCUT2D eigenvalue weighted by Gasteiger charge is 2.22. The summed E-state index contributed by atoms with van der Waals surface area (Å²) in [5.74, 6) is 2.78. The highest BCUT2D eigenvalue weighted by atomic mass is 16.5. The fourth-order valence-electron chi connectivity index (χ4n) is 2.34. The first-order valence-electron chi connectivity index (χ1n) is 6.80. The molecule has 0 N–H and O–H groups in total. The first-order valence-corrected chi connectivity index (χ1v) is 6.80. The minimum atomic E-state index is 0.695. The third-order valence-corrected chi connectivity index (χ3v) is 3.61. The van der Waals surface area contributed by atoms with E-state index in [1.165, 1.54) is 0 Å². The topological polar surface area (TPSA) is 43.4 Å². The van der Waals surface area contributed by atoms with Gasteiger partial charge in [0.25, 0.3) is 0 Å². The standard InChI is InChI=1S/C16H22N2O4/c1-17-13(19-3)7-11(8-14(17)20-4)12-9-15(21-5)18(2)16(10-12)22-6/h7-10H,1-6H3. The molecule has 6 heteroatoms. The molecule has 0 fully saturated rings. The molecule has 120 valence electrons. The van der Waals surface area contributed by atoms with Gasteiger partial charge in [-0.3, -0.25) is 9.80 Å². The fourth-order valence-corrected chi connectivity index (χ4v) is 2.34. The molecular formula is C16H22N2O4. The third-order valence-electron chi connectivity index (χ3n) is 3.61. The van der Waals surface area contributed by atoms with E-state index < -0.39 is 0 Å². The van der Waals surface area contributed by atoms with Crippen LogP contribution in [0.25, 0.3) is 0 Å². The smallest absolute Gasteiger partial charge is 0.196 e. The van der Waals surface area contributed by atoms with Crippen LogP contribution in [0.15, 0.2) is 59.0 Å². The number of rotatable bonds is 4. The van der Waals surface area contributed by atoms with Gasteiger partial charge in [-0.05, 0) is 11.1 Å². The summed E-state index contributed by atoms with van der Waals surface area (Å²) in [5, 5.41) is 0. The number of hydrogen-bond donors (Lipinski definition) is 0. The lowest BCUT2D eigenvalue weighted by Gasteiger charge is -2.29. The molecule has 0 aliphatic carbocycles. The monoisotopic (exact) mass is 306 g/mol. The van der Waals surface area contributed by atoms with Gasteiger partial charge in [0.15, 0.2) is 23.5 Å². The molecule has 0 saturated carbocycles. The maximum absolute atomic E-state index is 5.40. The van der Waals surface area contributed by atoms with Crippen molar-refractivity contribution in [2.45, 2.75) is 0 Å². The summed E-state index contributed by atoms with van der Waals surface area (Å²) >= 11 is 0. The molecule has 0 atom stereocenters. The van der Waals surface area contributed by atoms with Gasteiger partial charge in [0, 0.05) is 38.4 Å². The second kappa shape index (κ2) is 6.51. The summed E-state index contributed by atoms with van der Waals surface area (Å²) in [4.78, 5) is 3.67. The Kier molecular flexibility index (Phi) is 4.70. The predicted octanol–water partition coefficient (Wildman–Crippen LogP) is 2.12. The van der Waals surface area contributed by atoms with Gasteiger partial charge in [-0.1, -0.05) is 0 Å². The zero-order chi connectivity index (χ0) is 16.3. The molecule has 22 heavy (non-hydrogen) atoms. The molecule has 0 spiro atoms. The van der Waals surface area contributed by atoms with Crippen LogP contribution in [-0.4, -0.2) is 52.3 Å². The van der Waals surface area contributed by atoms with E-state index in [4.69, 9.17) is 18.9 Å². The molecule has 2 aliphatic rings. The Morgan fingerprint density at radius 3 is 0.955 bits per heavy atom. The largest absolute Gasteiger partial charge is 0.482 e. The average molecular weight is 306 g/mol. The third kappa shape index (κ3) is 2.77. The van der Waals surface area contributed by atoms with E-state index in [9.17, 15) is 0 Å². The van der Waals surface area contributed by atoms with Crippen molar-refractivity contribution in [2.24, 2.45) is 0 Å². The Balaban J connectivity index is 2.56. The van der Waals surface area contributed by atoms with Crippen molar-refractivity contribution in [3.05, 3.63) is 59.0 Å². The molecule has 2 rings (SSSR count). The lowest BCUT2D eigenvalue weighted by atomic mass is 10.0. The fraction of sp³-hybridized carbons (Fsp3) is 0.375. The molecule has 6 nitrogen and oxygen atoms in total. The highest BCUT2D eigenvalue weighted by Crippen LogP contribution is 2.29. The van der Waals surface area contributed by atoms with Gasteiger partial charge in [0.2, 0.25) is 0 Å². The maximum Gasteiger partial charge on any atom is 0.196 e. The SMILES string of the molecule is COC1=CC(=C2C=C(OC)N(C)C(OC)=C2)C=C(OC)N1C. The van der Waals surface area contributed by atoms with Crippen LogP contribution in [0.1, 0.15) is 0 Å². The quantitative estimate of drug-likeness (QED) is 0.793. The van der Waals surface area contributed by atoms with Crippen molar-refractivity contribution < 1.29 is 18.9 Å². The number of ether oxygens (including phenoxy) is 4. The van der Waals surface area contributed by atoms with E-state index in [1.807, 2.05) is 48.2 Å². The molecular weight excluding hydrogens is 284 g/mol. The van der Waals surface area contributed by atoms with Crippen LogP contribution in [0.4, 0.5) is 0 Å². The van der Waals surface area contributed by atoms with Crippen LogP contribution in [0.3, 0.4) is 0 Å². The van der Waals surface area contributed by atoms with Crippen LogP contribution in [0.5, 0.6) is 0 Å². The van der Waals surface area contributed by atoms with Crippen LogP contribution >= 0.6 is 0 Å². The zero-order valence-electron chi connectivity index (χ0n) is 13.8. The van der Waals surface area contributed by atoms with Gasteiger partial charge in [-0.25, -0.2) is 0 Å². The maximum atomic E-state index is 5.40. The Morgan fingerprint density at radius 2 is 0.773 bits per heavy atom. The summed E-state index contributed by atoms with van der Waals surface area (Å²) in [6.07, 6.45) is 7.76. The first kappa shape index (κ1) is 15.9. The second-order valence-corrected chi connectivity index (χ2v) is 4.78. The molecule has 0 unspecified atom stereocenters. The van der Waals surface area contributed by atoms with E-state index in [1.54, 1.807) is 28.4 Å². The van der Waals surface area contributed by atoms with Gasteiger partial charge in [-0.2, -0.15) is 0 Å². The Hall–Kier alpha value is -2.50. The molecule has 0 aromatic heterocycles. The van der Waals surface area contributed by atoms with Crippen molar-refractivity contribution in [3.63, 3.8) is 0 Å². The van der Waals surface area contributed by atoms with Crippen molar-refractivity contribution in [1.82, 2.24) is 9.80 Å². The average Bonchev–Trinajstić information content (AvgIpc) is 2.55. The molecule has 0 saturated heterocycles. The lowest BCUT2D eigenvalue weighted by Crippen LogP contribution is -2.24. The number of allylic oxidation sites excluding steroid dienone is 6. The molecule has 0 bridgehead atoms. The van der Waals surface area contributed by atoms with E-state index >= 15 is 0 Å². The van der Waals surface area contributed by atoms with Crippen molar-refractivity contribution in [3.8, 4) is 0 Å². The highest BCUT2D eigenvalue weighted by molar-refractivity contribution is 5.52. The van der Waals surface area contributed by atoms with Crippen molar-refractivity contribution in [1.29, 1.82) is 0 Å². The van der Waals surface area contributed by atoms with Crippen molar-refractivity contribution >= 4 is 0 Å². The Morgan fingerprint density at radius 1 is 0.545 bits per heavy atom. The molecule has 0 radical (unpaired) electrons. The number of nitrogens with zero attached hydrogens (tertiary/aromatic N) is 2. The Labute approximate surface area is 131 Å². The van der Waals surface area contributed by atoms with E-state index in [-0.39, 0.29) is 0 Å². The predicted molar refractivity (Wildman–Crippen MR) is 82.9 cm³/mol. The van der Waals surface area contributed by atoms with Crippen LogP contribution < -0.4 is 0 Å². The summed E-state index contributed by atoms with van der Waals surface area (Å²) in [5.41, 5.74) is 1.90. The summed E-state index contributed by atoms with van der Waals surface area (Å²) in [6.45, 7) is 0. The Bertz CT molecular complexity index is 499. The molecule has 0 aromatic rings. The van der Waals surface area contributed by atoms with E-state index in [0.29, 0.717) is 23.5 Å². The van der Waals surface area contributed by atoms with Gasteiger partial charge in [-0.15, -0.1) is 0 Å². The molecule has 0 aromatic carbocycles. The van der Waals surface area contributed by atoms with E-state index in [0.717, 1.165) is 11.1 Å². The lowest BCUT2D eigenvalue weighted by molar-refractivity contribution is 0.121.